The van der Waals surface area contributed by atoms with Gasteiger partial charge < -0.3 is 14.8 Å². The van der Waals surface area contributed by atoms with Crippen LogP contribution in [0.4, 0.5) is 0 Å². The molecule has 0 fully saturated rings. The molecule has 0 saturated carbocycles. The molecule has 1 amide bonds. The number of ether oxygens (including phenoxy) is 2. The number of aryl methyl sites for hydroxylation is 1. The number of hydrogen-bond acceptors (Lipinski definition) is 4. The third-order valence-electron chi connectivity index (χ3n) is 4.41. The Hall–Kier alpha value is -3.28. The van der Waals surface area contributed by atoms with Gasteiger partial charge in [0.05, 0.1) is 19.9 Å². The molecule has 1 aromatic heterocycles. The van der Waals surface area contributed by atoms with Gasteiger partial charge in [0.25, 0.3) is 5.91 Å². The lowest BCUT2D eigenvalue weighted by Gasteiger charge is -2.13. The van der Waals surface area contributed by atoms with Crippen LogP contribution in [0.25, 0.3) is 17.1 Å². The van der Waals surface area contributed by atoms with Crippen LogP contribution in [0.15, 0.2) is 48.5 Å². The van der Waals surface area contributed by atoms with Crippen LogP contribution in [0.2, 0.25) is 0 Å². The van der Waals surface area contributed by atoms with Crippen LogP contribution in [0, 0.1) is 0 Å². The number of carbonyl (C=O) groups is 1. The molecule has 3 rings (SSSR count). The van der Waals surface area contributed by atoms with E-state index in [1.165, 1.54) is 0 Å². The summed E-state index contributed by atoms with van der Waals surface area (Å²) in [5.74, 6) is 2.05. The Bertz CT molecular complexity index is 929. The van der Waals surface area contributed by atoms with E-state index in [0.29, 0.717) is 17.9 Å². The molecular weight excluding hydrogens is 342 g/mol. The summed E-state index contributed by atoms with van der Waals surface area (Å²) in [6, 6.07) is 15.2. The van der Waals surface area contributed by atoms with E-state index in [9.17, 15) is 4.79 Å². The van der Waals surface area contributed by atoms with Gasteiger partial charge in [0.2, 0.25) is 0 Å². The molecule has 0 spiro atoms. The van der Waals surface area contributed by atoms with Gasteiger partial charge in [-0.25, -0.2) is 4.98 Å². The molecule has 0 unspecified atom stereocenters. The summed E-state index contributed by atoms with van der Waals surface area (Å²) < 4.78 is 12.4. The van der Waals surface area contributed by atoms with Gasteiger partial charge in [0, 0.05) is 18.3 Å². The van der Waals surface area contributed by atoms with Crippen LogP contribution < -0.4 is 14.8 Å². The van der Waals surface area contributed by atoms with Crippen molar-refractivity contribution in [3.05, 3.63) is 59.9 Å². The Morgan fingerprint density at radius 3 is 2.04 bits per heavy atom. The predicted molar refractivity (Wildman–Crippen MR) is 105 cm³/mol. The van der Waals surface area contributed by atoms with Crippen LogP contribution in [-0.2, 0) is 6.42 Å². The second-order valence-electron chi connectivity index (χ2n) is 5.93. The second kappa shape index (κ2) is 7.95. The van der Waals surface area contributed by atoms with Crippen molar-refractivity contribution >= 4 is 5.91 Å². The van der Waals surface area contributed by atoms with Crippen molar-refractivity contribution in [3.63, 3.8) is 0 Å². The van der Waals surface area contributed by atoms with E-state index in [2.05, 4.69) is 5.32 Å². The first kappa shape index (κ1) is 18.5. The minimum atomic E-state index is -0.171. The fourth-order valence-corrected chi connectivity index (χ4v) is 2.98. The van der Waals surface area contributed by atoms with E-state index >= 15 is 0 Å². The molecular formula is C21H23N3O3. The van der Waals surface area contributed by atoms with Crippen LogP contribution in [0.5, 0.6) is 11.5 Å². The van der Waals surface area contributed by atoms with Crippen molar-refractivity contribution in [2.24, 2.45) is 0 Å². The monoisotopic (exact) mass is 365 g/mol. The van der Waals surface area contributed by atoms with Crippen LogP contribution in [-0.4, -0.2) is 36.7 Å². The molecule has 0 saturated heterocycles. The van der Waals surface area contributed by atoms with Gasteiger partial charge in [0.1, 0.15) is 23.0 Å². The number of hydrogen-bond donors (Lipinski definition) is 1. The smallest absolute Gasteiger partial charge is 0.269 e. The van der Waals surface area contributed by atoms with Gasteiger partial charge in [0.15, 0.2) is 0 Å². The SMILES string of the molecule is CCc1nc(-c2ccc(OC)cc2)n(-c2ccc(OC)cc2)c1C(=O)NC. The highest BCUT2D eigenvalue weighted by Gasteiger charge is 2.23. The third-order valence-corrected chi connectivity index (χ3v) is 4.41. The maximum absolute atomic E-state index is 12.6. The van der Waals surface area contributed by atoms with Gasteiger partial charge in [-0.1, -0.05) is 6.92 Å². The molecule has 0 radical (unpaired) electrons. The summed E-state index contributed by atoms with van der Waals surface area (Å²) in [6.45, 7) is 1.99. The molecule has 3 aromatic rings. The molecule has 1 heterocycles. The molecule has 6 nitrogen and oxygen atoms in total. The molecule has 0 aliphatic rings. The van der Waals surface area contributed by atoms with E-state index in [1.807, 2.05) is 60.0 Å². The Morgan fingerprint density at radius 2 is 1.56 bits per heavy atom. The van der Waals surface area contributed by atoms with Crippen molar-refractivity contribution in [1.82, 2.24) is 14.9 Å². The maximum atomic E-state index is 12.6. The highest BCUT2D eigenvalue weighted by molar-refractivity contribution is 5.95. The fraction of sp³-hybridized carbons (Fsp3) is 0.238. The normalized spacial score (nSPS) is 10.5. The van der Waals surface area contributed by atoms with Crippen LogP contribution in [0.3, 0.4) is 0 Å². The van der Waals surface area contributed by atoms with Crippen LogP contribution >= 0.6 is 0 Å². The van der Waals surface area contributed by atoms with Crippen molar-refractivity contribution in [3.8, 4) is 28.6 Å². The number of nitrogens with zero attached hydrogens (tertiary/aromatic N) is 2. The van der Waals surface area contributed by atoms with Crippen molar-refractivity contribution in [1.29, 1.82) is 0 Å². The first-order valence-electron chi connectivity index (χ1n) is 8.75. The van der Waals surface area contributed by atoms with E-state index in [-0.39, 0.29) is 5.91 Å². The average molecular weight is 365 g/mol. The van der Waals surface area contributed by atoms with Crippen LogP contribution in [0.1, 0.15) is 23.1 Å². The summed E-state index contributed by atoms with van der Waals surface area (Å²) in [6.07, 6.45) is 0.648. The number of benzene rings is 2. The average Bonchev–Trinajstić information content (AvgIpc) is 3.13. The third kappa shape index (κ3) is 3.51. The minimum absolute atomic E-state index is 0.171. The molecule has 0 atom stereocenters. The Balaban J connectivity index is 2.24. The highest BCUT2D eigenvalue weighted by Crippen LogP contribution is 2.29. The number of nitrogens with one attached hydrogen (secondary N) is 1. The standard InChI is InChI=1S/C21H23N3O3/c1-5-18-19(21(25)22-2)24(15-8-12-17(27-4)13-9-15)20(23-18)14-6-10-16(26-3)11-7-14/h6-13H,5H2,1-4H3,(H,22,25). The summed E-state index contributed by atoms with van der Waals surface area (Å²) in [5.41, 5.74) is 3.02. The Labute approximate surface area is 158 Å². The molecule has 0 aliphatic carbocycles. The quantitative estimate of drug-likeness (QED) is 0.726. The molecule has 2 aromatic carbocycles. The number of rotatable bonds is 6. The van der Waals surface area contributed by atoms with Gasteiger partial charge >= 0.3 is 0 Å². The zero-order chi connectivity index (χ0) is 19.4. The lowest BCUT2D eigenvalue weighted by atomic mass is 10.2. The van der Waals surface area contributed by atoms with Crippen molar-refractivity contribution < 1.29 is 14.3 Å². The van der Waals surface area contributed by atoms with Crippen molar-refractivity contribution in [2.45, 2.75) is 13.3 Å². The van der Waals surface area contributed by atoms with Gasteiger partial charge in [-0.15, -0.1) is 0 Å². The maximum Gasteiger partial charge on any atom is 0.269 e. The van der Waals surface area contributed by atoms with Gasteiger partial charge in [-0.2, -0.15) is 0 Å². The first-order chi connectivity index (χ1) is 13.1. The lowest BCUT2D eigenvalue weighted by Crippen LogP contribution is -2.22. The number of carbonyl (C=O) groups excluding carboxylic acids is 1. The number of imidazole rings is 1. The summed E-state index contributed by atoms with van der Waals surface area (Å²) in [5, 5.41) is 2.73. The lowest BCUT2D eigenvalue weighted by molar-refractivity contribution is 0.0955. The Kier molecular flexibility index (Phi) is 5.45. The number of methoxy groups -OCH3 is 2. The predicted octanol–water partition coefficient (Wildman–Crippen LogP) is 3.48. The Morgan fingerprint density at radius 1 is 1.00 bits per heavy atom. The van der Waals surface area contributed by atoms with Gasteiger partial charge in [-0.3, -0.25) is 9.36 Å². The minimum Gasteiger partial charge on any atom is -0.497 e. The fourth-order valence-electron chi connectivity index (χ4n) is 2.98. The number of amides is 1. The summed E-state index contributed by atoms with van der Waals surface area (Å²) in [7, 11) is 4.88. The summed E-state index contributed by atoms with van der Waals surface area (Å²) >= 11 is 0. The van der Waals surface area contributed by atoms with E-state index in [1.54, 1.807) is 21.3 Å². The highest BCUT2D eigenvalue weighted by atomic mass is 16.5. The largest absolute Gasteiger partial charge is 0.497 e. The van der Waals surface area contributed by atoms with E-state index in [0.717, 1.165) is 28.4 Å². The molecule has 0 bridgehead atoms. The zero-order valence-corrected chi connectivity index (χ0v) is 15.9. The van der Waals surface area contributed by atoms with E-state index in [4.69, 9.17) is 14.5 Å². The van der Waals surface area contributed by atoms with Gasteiger partial charge in [-0.05, 0) is 55.0 Å². The molecule has 27 heavy (non-hydrogen) atoms. The van der Waals surface area contributed by atoms with Crippen molar-refractivity contribution in [2.75, 3.05) is 21.3 Å². The topological polar surface area (TPSA) is 65.4 Å². The molecule has 6 heteroatoms. The molecule has 1 N–H and O–H groups in total. The molecule has 140 valence electrons. The second-order valence-corrected chi connectivity index (χ2v) is 5.93. The van der Waals surface area contributed by atoms with E-state index < -0.39 is 0 Å². The first-order valence-corrected chi connectivity index (χ1v) is 8.75. The summed E-state index contributed by atoms with van der Waals surface area (Å²) in [4.78, 5) is 17.4. The number of aromatic nitrogens is 2. The zero-order valence-electron chi connectivity index (χ0n) is 15.9. The molecule has 0 aliphatic heterocycles.